The van der Waals surface area contributed by atoms with E-state index in [4.69, 9.17) is 4.55 Å². The second-order valence-electron chi connectivity index (χ2n) is 2.08. The Morgan fingerprint density at radius 3 is 2.67 bits per heavy atom. The van der Waals surface area contributed by atoms with Gasteiger partial charge in [-0.05, 0) is 38.6 Å². The zero-order valence-electron chi connectivity index (χ0n) is 6.13. The number of hydrogen-bond acceptors (Lipinski definition) is 3. The van der Waals surface area contributed by atoms with Gasteiger partial charge in [0.1, 0.15) is 0 Å². The SMILES string of the molecule is CCN(C)CCCSO. The van der Waals surface area contributed by atoms with Crippen molar-refractivity contribution in [1.29, 1.82) is 0 Å². The van der Waals surface area contributed by atoms with Crippen LogP contribution in [0.2, 0.25) is 0 Å². The van der Waals surface area contributed by atoms with E-state index in [9.17, 15) is 0 Å². The molecule has 0 aromatic rings. The summed E-state index contributed by atoms with van der Waals surface area (Å²) in [5.41, 5.74) is 0. The van der Waals surface area contributed by atoms with Crippen molar-refractivity contribution in [3.63, 3.8) is 0 Å². The zero-order chi connectivity index (χ0) is 7.11. The van der Waals surface area contributed by atoms with Crippen molar-refractivity contribution in [2.24, 2.45) is 0 Å². The molecule has 2 nitrogen and oxygen atoms in total. The molecule has 0 heterocycles. The lowest BCUT2D eigenvalue weighted by Gasteiger charge is -2.11. The molecule has 0 aromatic heterocycles. The summed E-state index contributed by atoms with van der Waals surface area (Å²) >= 11 is 0.927. The topological polar surface area (TPSA) is 23.5 Å². The van der Waals surface area contributed by atoms with Gasteiger partial charge in [0.05, 0.1) is 0 Å². The molecular formula is C6H15NOS. The van der Waals surface area contributed by atoms with Crippen LogP contribution in [0.5, 0.6) is 0 Å². The lowest BCUT2D eigenvalue weighted by atomic mass is 10.4. The molecule has 0 fully saturated rings. The van der Waals surface area contributed by atoms with E-state index >= 15 is 0 Å². The van der Waals surface area contributed by atoms with Crippen molar-refractivity contribution in [3.8, 4) is 0 Å². The van der Waals surface area contributed by atoms with Gasteiger partial charge in [0.25, 0.3) is 0 Å². The minimum atomic E-state index is 0.852. The number of hydrogen-bond donors (Lipinski definition) is 1. The molecular weight excluding hydrogens is 134 g/mol. The molecule has 0 rings (SSSR count). The summed E-state index contributed by atoms with van der Waals surface area (Å²) in [6.45, 7) is 4.31. The van der Waals surface area contributed by atoms with Crippen molar-refractivity contribution in [3.05, 3.63) is 0 Å². The first kappa shape index (κ1) is 9.27. The summed E-state index contributed by atoms with van der Waals surface area (Å²) in [6.07, 6.45) is 1.07. The van der Waals surface area contributed by atoms with E-state index in [-0.39, 0.29) is 0 Å². The van der Waals surface area contributed by atoms with E-state index in [2.05, 4.69) is 18.9 Å². The molecule has 3 heteroatoms. The van der Waals surface area contributed by atoms with E-state index in [0.717, 1.165) is 37.3 Å². The van der Waals surface area contributed by atoms with E-state index in [1.54, 1.807) is 0 Å². The molecule has 0 atom stereocenters. The fourth-order valence-corrected chi connectivity index (χ4v) is 0.815. The van der Waals surface area contributed by atoms with E-state index in [1.807, 2.05) is 0 Å². The Morgan fingerprint density at radius 1 is 1.56 bits per heavy atom. The van der Waals surface area contributed by atoms with Crippen LogP contribution in [0.15, 0.2) is 0 Å². The molecule has 0 amide bonds. The Kier molecular flexibility index (Phi) is 6.58. The molecule has 0 radical (unpaired) electrons. The van der Waals surface area contributed by atoms with Gasteiger partial charge >= 0.3 is 0 Å². The molecule has 0 bridgehead atoms. The van der Waals surface area contributed by atoms with Gasteiger partial charge in [0.15, 0.2) is 0 Å². The zero-order valence-corrected chi connectivity index (χ0v) is 6.95. The van der Waals surface area contributed by atoms with Gasteiger partial charge in [-0.3, -0.25) is 0 Å². The smallest absolute Gasteiger partial charge is 0.0207 e. The third kappa shape index (κ3) is 6.15. The summed E-state index contributed by atoms with van der Waals surface area (Å²) in [5, 5.41) is 0. The molecule has 56 valence electrons. The minimum absolute atomic E-state index is 0.852. The summed E-state index contributed by atoms with van der Waals surface area (Å²) < 4.78 is 8.35. The standard InChI is InChI=1S/C6H15NOS/c1-3-7(2)5-4-6-9-8/h8H,3-6H2,1-2H3. The molecule has 0 spiro atoms. The first-order valence-electron chi connectivity index (χ1n) is 3.26. The van der Waals surface area contributed by atoms with Crippen LogP contribution in [0.25, 0.3) is 0 Å². The van der Waals surface area contributed by atoms with Crippen molar-refractivity contribution < 1.29 is 4.55 Å². The highest BCUT2D eigenvalue weighted by Crippen LogP contribution is 1.95. The predicted octanol–water partition coefficient (Wildman–Crippen LogP) is 1.53. The third-order valence-corrected chi connectivity index (χ3v) is 1.79. The van der Waals surface area contributed by atoms with Gasteiger partial charge in [0.2, 0.25) is 0 Å². The fraction of sp³-hybridized carbons (Fsp3) is 1.00. The molecule has 0 aliphatic rings. The Labute approximate surface area is 61.5 Å². The maximum Gasteiger partial charge on any atom is 0.0207 e. The van der Waals surface area contributed by atoms with Crippen molar-refractivity contribution in [2.45, 2.75) is 13.3 Å². The Bertz CT molecular complexity index is 61.0. The normalized spacial score (nSPS) is 10.7. The van der Waals surface area contributed by atoms with Crippen molar-refractivity contribution in [1.82, 2.24) is 4.90 Å². The average molecular weight is 149 g/mol. The molecule has 0 unspecified atom stereocenters. The van der Waals surface area contributed by atoms with Crippen LogP contribution in [0, 0.1) is 0 Å². The molecule has 1 N–H and O–H groups in total. The first-order valence-corrected chi connectivity index (χ1v) is 4.20. The number of rotatable bonds is 5. The summed E-state index contributed by atoms with van der Waals surface area (Å²) in [4.78, 5) is 2.23. The predicted molar refractivity (Wildman–Crippen MR) is 42.9 cm³/mol. The van der Waals surface area contributed by atoms with Gasteiger partial charge in [-0.25, -0.2) is 0 Å². The maximum absolute atomic E-state index is 8.35. The summed E-state index contributed by atoms with van der Waals surface area (Å²) in [6, 6.07) is 0. The summed E-state index contributed by atoms with van der Waals surface area (Å²) in [5.74, 6) is 0.852. The van der Waals surface area contributed by atoms with Crippen LogP contribution in [0.3, 0.4) is 0 Å². The lowest BCUT2D eigenvalue weighted by molar-refractivity contribution is 0.354. The molecule has 9 heavy (non-hydrogen) atoms. The molecule has 0 aliphatic heterocycles. The molecule has 0 saturated heterocycles. The van der Waals surface area contributed by atoms with Crippen molar-refractivity contribution >= 4 is 12.0 Å². The van der Waals surface area contributed by atoms with Crippen LogP contribution >= 0.6 is 12.0 Å². The van der Waals surface area contributed by atoms with Crippen LogP contribution in [0.4, 0.5) is 0 Å². The number of nitrogens with zero attached hydrogens (tertiary/aromatic N) is 1. The van der Waals surface area contributed by atoms with Gasteiger partial charge in [-0.1, -0.05) is 6.92 Å². The molecule has 0 aliphatic carbocycles. The minimum Gasteiger partial charge on any atom is -0.330 e. The van der Waals surface area contributed by atoms with Crippen molar-refractivity contribution in [2.75, 3.05) is 25.9 Å². The largest absolute Gasteiger partial charge is 0.330 e. The Hall–Kier alpha value is 0.270. The van der Waals surface area contributed by atoms with Crippen LogP contribution in [-0.4, -0.2) is 35.3 Å². The highest BCUT2D eigenvalue weighted by atomic mass is 32.2. The van der Waals surface area contributed by atoms with Crippen LogP contribution in [0.1, 0.15) is 13.3 Å². The van der Waals surface area contributed by atoms with E-state index in [0.29, 0.717) is 0 Å². The highest BCUT2D eigenvalue weighted by Gasteiger charge is 1.92. The van der Waals surface area contributed by atoms with Crippen LogP contribution in [-0.2, 0) is 0 Å². The average Bonchev–Trinajstić information content (AvgIpc) is 1.89. The monoisotopic (exact) mass is 149 g/mol. The highest BCUT2D eigenvalue weighted by molar-refractivity contribution is 7.93. The van der Waals surface area contributed by atoms with Gasteiger partial charge in [-0.2, -0.15) is 0 Å². The summed E-state index contributed by atoms with van der Waals surface area (Å²) in [7, 11) is 2.09. The second-order valence-corrected chi connectivity index (χ2v) is 2.75. The van der Waals surface area contributed by atoms with E-state index in [1.165, 1.54) is 0 Å². The van der Waals surface area contributed by atoms with Gasteiger partial charge in [-0.15, -0.1) is 0 Å². The lowest BCUT2D eigenvalue weighted by Crippen LogP contribution is -2.19. The Morgan fingerprint density at radius 2 is 2.22 bits per heavy atom. The van der Waals surface area contributed by atoms with Gasteiger partial charge < -0.3 is 9.45 Å². The fourth-order valence-electron chi connectivity index (χ4n) is 0.557. The maximum atomic E-state index is 8.35. The van der Waals surface area contributed by atoms with Gasteiger partial charge in [0, 0.05) is 5.75 Å². The molecule has 0 aromatic carbocycles. The Balaban J connectivity index is 2.88. The first-order chi connectivity index (χ1) is 4.31. The third-order valence-electron chi connectivity index (χ3n) is 1.32. The van der Waals surface area contributed by atoms with Crippen LogP contribution < -0.4 is 0 Å². The quantitative estimate of drug-likeness (QED) is 0.474. The van der Waals surface area contributed by atoms with E-state index < -0.39 is 0 Å². The second kappa shape index (κ2) is 6.39. The molecule has 0 saturated carbocycles.